The van der Waals surface area contributed by atoms with E-state index >= 15 is 0 Å². The topological polar surface area (TPSA) is 97.2 Å². The number of aromatic nitrogens is 1. The summed E-state index contributed by atoms with van der Waals surface area (Å²) in [6.45, 7) is 3.96. The van der Waals surface area contributed by atoms with Gasteiger partial charge in [-0.1, -0.05) is 122 Å². The molecule has 4 aromatic carbocycles. The lowest BCUT2D eigenvalue weighted by atomic mass is 9.79. The smallest absolute Gasteiger partial charge is 0.330 e. The predicted molar refractivity (Wildman–Crippen MR) is 172 cm³/mol. The summed E-state index contributed by atoms with van der Waals surface area (Å²) in [5.41, 5.74) is 10.1. The van der Waals surface area contributed by atoms with E-state index in [1.807, 2.05) is 117 Å². The Bertz CT molecular complexity index is 1700. The molecule has 4 N–H and O–H groups in total. The first-order valence-electron chi connectivity index (χ1n) is 14.5. The number of rotatable bonds is 11. The van der Waals surface area contributed by atoms with Crippen LogP contribution in [-0.4, -0.2) is 28.9 Å². The van der Waals surface area contributed by atoms with E-state index in [9.17, 15) is 9.59 Å². The van der Waals surface area contributed by atoms with Crippen LogP contribution in [0.25, 0.3) is 10.9 Å². The SMILES string of the molecule is CCCC(NC(=O)C(N)Cc1c[nH]c2ccccc12)C(=O)OC(c1ccccc1)(c1ccc(C)cc1)c1ccccc1Cl. The van der Waals surface area contributed by atoms with Crippen LogP contribution in [0.2, 0.25) is 5.02 Å². The van der Waals surface area contributed by atoms with Gasteiger partial charge >= 0.3 is 5.97 Å². The summed E-state index contributed by atoms with van der Waals surface area (Å²) in [5, 5.41) is 4.37. The van der Waals surface area contributed by atoms with Gasteiger partial charge in [-0.25, -0.2) is 4.79 Å². The van der Waals surface area contributed by atoms with Crippen LogP contribution in [0.5, 0.6) is 0 Å². The highest BCUT2D eigenvalue weighted by molar-refractivity contribution is 6.31. The highest BCUT2D eigenvalue weighted by Crippen LogP contribution is 2.44. The molecular weight excluding hydrogens is 558 g/mol. The number of H-pyrrole nitrogens is 1. The van der Waals surface area contributed by atoms with E-state index in [4.69, 9.17) is 22.1 Å². The second kappa shape index (κ2) is 13.3. The van der Waals surface area contributed by atoms with E-state index in [2.05, 4.69) is 10.3 Å². The lowest BCUT2D eigenvalue weighted by Crippen LogP contribution is -2.51. The summed E-state index contributed by atoms with van der Waals surface area (Å²) in [6, 6.07) is 30.9. The molecule has 0 aliphatic carbocycles. The number of halogens is 1. The van der Waals surface area contributed by atoms with Crippen LogP contribution in [0, 0.1) is 6.92 Å². The number of benzene rings is 4. The van der Waals surface area contributed by atoms with Gasteiger partial charge in [0.15, 0.2) is 5.60 Å². The highest BCUT2D eigenvalue weighted by atomic mass is 35.5. The fraction of sp³-hybridized carbons (Fsp3) is 0.222. The first-order valence-corrected chi connectivity index (χ1v) is 14.9. The van der Waals surface area contributed by atoms with Gasteiger partial charge in [0.2, 0.25) is 5.91 Å². The molecule has 1 heterocycles. The van der Waals surface area contributed by atoms with E-state index in [0.29, 0.717) is 29.8 Å². The molecule has 1 aromatic heterocycles. The van der Waals surface area contributed by atoms with Crippen LogP contribution in [0.4, 0.5) is 0 Å². The lowest BCUT2D eigenvalue weighted by molar-refractivity contribution is -0.157. The molecule has 43 heavy (non-hydrogen) atoms. The van der Waals surface area contributed by atoms with Crippen molar-refractivity contribution in [2.75, 3.05) is 0 Å². The van der Waals surface area contributed by atoms with Crippen LogP contribution in [-0.2, 0) is 26.3 Å². The molecule has 7 heteroatoms. The van der Waals surface area contributed by atoms with Crippen molar-refractivity contribution in [3.8, 4) is 0 Å². The fourth-order valence-electron chi connectivity index (χ4n) is 5.53. The number of hydrogen-bond donors (Lipinski definition) is 3. The average Bonchev–Trinajstić information content (AvgIpc) is 3.43. The van der Waals surface area contributed by atoms with Gasteiger partial charge < -0.3 is 20.8 Å². The van der Waals surface area contributed by atoms with Crippen molar-refractivity contribution in [1.29, 1.82) is 0 Å². The van der Waals surface area contributed by atoms with Crippen molar-refractivity contribution in [3.05, 3.63) is 142 Å². The summed E-state index contributed by atoms with van der Waals surface area (Å²) in [6.07, 6.45) is 3.22. The van der Waals surface area contributed by atoms with Crippen LogP contribution in [0.15, 0.2) is 109 Å². The minimum Gasteiger partial charge on any atom is -0.443 e. The fourth-order valence-corrected chi connectivity index (χ4v) is 5.80. The number of carbonyl (C=O) groups excluding carboxylic acids is 2. The van der Waals surface area contributed by atoms with Gasteiger partial charge in [-0.15, -0.1) is 0 Å². The third-order valence-corrected chi connectivity index (χ3v) is 8.10. The minimum absolute atomic E-state index is 0.320. The first kappa shape index (κ1) is 30.1. The predicted octanol–water partition coefficient (Wildman–Crippen LogP) is 6.82. The molecule has 220 valence electrons. The van der Waals surface area contributed by atoms with Crippen molar-refractivity contribution in [1.82, 2.24) is 10.3 Å². The van der Waals surface area contributed by atoms with Gasteiger partial charge in [0.25, 0.3) is 0 Å². The third-order valence-electron chi connectivity index (χ3n) is 7.78. The molecular formula is C36H36ClN3O3. The molecule has 5 rings (SSSR count). The summed E-state index contributed by atoms with van der Waals surface area (Å²) in [4.78, 5) is 30.8. The van der Waals surface area contributed by atoms with E-state index in [0.717, 1.165) is 33.2 Å². The molecule has 5 aromatic rings. The van der Waals surface area contributed by atoms with E-state index in [1.165, 1.54) is 0 Å². The Morgan fingerprint density at radius 3 is 2.28 bits per heavy atom. The maximum atomic E-state index is 14.2. The monoisotopic (exact) mass is 593 g/mol. The van der Waals surface area contributed by atoms with Gasteiger partial charge in [-0.3, -0.25) is 4.79 Å². The van der Waals surface area contributed by atoms with Crippen LogP contribution < -0.4 is 11.1 Å². The summed E-state index contributed by atoms with van der Waals surface area (Å²) < 4.78 is 6.59. The third kappa shape index (κ3) is 6.36. The lowest BCUT2D eigenvalue weighted by Gasteiger charge is -2.37. The van der Waals surface area contributed by atoms with Crippen molar-refractivity contribution >= 4 is 34.4 Å². The Hall–Kier alpha value is -4.39. The number of aromatic amines is 1. The van der Waals surface area contributed by atoms with Gasteiger partial charge in [-0.05, 0) is 37.5 Å². The minimum atomic E-state index is -1.37. The van der Waals surface area contributed by atoms with Crippen molar-refractivity contribution < 1.29 is 14.3 Å². The molecule has 0 bridgehead atoms. The van der Waals surface area contributed by atoms with Crippen LogP contribution in [0.1, 0.15) is 47.6 Å². The molecule has 3 unspecified atom stereocenters. The second-order valence-corrected chi connectivity index (χ2v) is 11.2. The standard InChI is InChI=1S/C36H36ClN3O3/c1-3-11-33(40-34(41)31(38)22-25-23-39-32-17-10-7-14-28(25)32)35(42)43-36(26-12-5-4-6-13-26,27-20-18-24(2)19-21-27)29-15-8-9-16-30(29)37/h4-10,12-21,23,31,33,39H,3,11,22,38H2,1-2H3,(H,40,41). The Kier molecular flexibility index (Phi) is 9.29. The summed E-state index contributed by atoms with van der Waals surface area (Å²) in [5.74, 6) is -0.988. The number of aryl methyl sites for hydroxylation is 1. The molecule has 0 saturated heterocycles. The van der Waals surface area contributed by atoms with Gasteiger partial charge in [0.05, 0.1) is 6.04 Å². The van der Waals surface area contributed by atoms with Crippen molar-refractivity contribution in [2.45, 2.75) is 50.8 Å². The molecule has 6 nitrogen and oxygen atoms in total. The number of hydrogen-bond acceptors (Lipinski definition) is 4. The van der Waals surface area contributed by atoms with Crippen LogP contribution >= 0.6 is 11.6 Å². The van der Waals surface area contributed by atoms with E-state index in [1.54, 1.807) is 6.07 Å². The van der Waals surface area contributed by atoms with Gasteiger partial charge in [0.1, 0.15) is 6.04 Å². The quantitative estimate of drug-likeness (QED) is 0.116. The highest BCUT2D eigenvalue weighted by Gasteiger charge is 2.43. The Morgan fingerprint density at radius 2 is 1.56 bits per heavy atom. The molecule has 0 aliphatic heterocycles. The molecule has 0 spiro atoms. The van der Waals surface area contributed by atoms with Gasteiger partial charge in [0, 0.05) is 38.8 Å². The number of ether oxygens (including phenoxy) is 1. The molecule has 0 fully saturated rings. The Labute approximate surface area is 257 Å². The largest absolute Gasteiger partial charge is 0.443 e. The van der Waals surface area contributed by atoms with Crippen molar-refractivity contribution in [2.24, 2.45) is 5.73 Å². The molecule has 0 saturated carbocycles. The van der Waals surface area contributed by atoms with E-state index in [-0.39, 0.29) is 0 Å². The number of nitrogens with two attached hydrogens (primary N) is 1. The number of amides is 1. The molecule has 0 radical (unpaired) electrons. The maximum Gasteiger partial charge on any atom is 0.330 e. The van der Waals surface area contributed by atoms with E-state index < -0.39 is 29.6 Å². The Morgan fingerprint density at radius 1 is 0.907 bits per heavy atom. The second-order valence-electron chi connectivity index (χ2n) is 10.8. The number of carbonyl (C=O) groups is 2. The van der Waals surface area contributed by atoms with Crippen molar-refractivity contribution in [3.63, 3.8) is 0 Å². The molecule has 3 atom stereocenters. The zero-order valence-electron chi connectivity index (χ0n) is 24.3. The maximum absolute atomic E-state index is 14.2. The van der Waals surface area contributed by atoms with Crippen LogP contribution in [0.3, 0.4) is 0 Å². The zero-order valence-corrected chi connectivity index (χ0v) is 25.1. The van der Waals surface area contributed by atoms with Gasteiger partial charge in [-0.2, -0.15) is 0 Å². The number of esters is 1. The molecule has 0 aliphatic rings. The molecule has 1 amide bonds. The normalized spacial score (nSPS) is 14.0. The summed E-state index contributed by atoms with van der Waals surface area (Å²) >= 11 is 6.82. The summed E-state index contributed by atoms with van der Waals surface area (Å²) in [7, 11) is 0. The first-order chi connectivity index (χ1) is 20.8. The number of fused-ring (bicyclic) bond motifs is 1. The zero-order chi connectivity index (χ0) is 30.4. The average molecular weight is 594 g/mol. The number of para-hydroxylation sites is 1. The number of nitrogens with one attached hydrogen (secondary N) is 2. The Balaban J connectivity index is 1.48.